The molecule has 39 heavy (non-hydrogen) atoms. The number of aryl methyl sites for hydroxylation is 2. The van der Waals surface area contributed by atoms with E-state index in [0.717, 1.165) is 40.1 Å². The summed E-state index contributed by atoms with van der Waals surface area (Å²) in [6.07, 6.45) is 5.29. The van der Waals surface area contributed by atoms with Crippen molar-refractivity contribution in [3.05, 3.63) is 94.6 Å². The largest absolute Gasteiger partial charge is 0.353 e. The summed E-state index contributed by atoms with van der Waals surface area (Å²) in [7, 11) is -3.58. The van der Waals surface area contributed by atoms with Gasteiger partial charge in [0, 0.05) is 37.5 Å². The topological polar surface area (TPSA) is 66.4 Å². The van der Waals surface area contributed by atoms with Crippen LogP contribution in [0.15, 0.2) is 77.7 Å². The number of rotatable bonds is 5. The molecule has 198 valence electrons. The van der Waals surface area contributed by atoms with E-state index in [2.05, 4.69) is 17.0 Å². The number of anilines is 1. The van der Waals surface area contributed by atoms with Gasteiger partial charge in [0.25, 0.3) is 0 Å². The number of hydrogen-bond donors (Lipinski definition) is 0. The minimum atomic E-state index is -3.58. The van der Waals surface area contributed by atoms with Crippen LogP contribution in [0.2, 0.25) is 0 Å². The van der Waals surface area contributed by atoms with E-state index in [-0.39, 0.29) is 0 Å². The number of thiophene rings is 1. The molecular formula is C31H30N4O2S2. The van der Waals surface area contributed by atoms with Crippen LogP contribution in [0.3, 0.4) is 0 Å². The summed E-state index contributed by atoms with van der Waals surface area (Å²) in [6, 6.07) is 23.6. The van der Waals surface area contributed by atoms with Gasteiger partial charge in [0.2, 0.25) is 10.0 Å². The molecule has 0 spiro atoms. The lowest BCUT2D eigenvalue weighted by molar-refractivity contribution is 0.384. The predicted octanol–water partition coefficient (Wildman–Crippen LogP) is 5.83. The summed E-state index contributed by atoms with van der Waals surface area (Å²) in [5, 5.41) is 3.17. The van der Waals surface area contributed by atoms with Crippen molar-refractivity contribution >= 4 is 48.2 Å². The first-order chi connectivity index (χ1) is 19.1. The van der Waals surface area contributed by atoms with E-state index in [9.17, 15) is 8.42 Å². The van der Waals surface area contributed by atoms with E-state index in [0.29, 0.717) is 37.5 Å². The van der Waals surface area contributed by atoms with Gasteiger partial charge in [-0.15, -0.1) is 11.3 Å². The number of aromatic nitrogens is 2. The summed E-state index contributed by atoms with van der Waals surface area (Å²) in [5.41, 5.74) is 2.60. The van der Waals surface area contributed by atoms with E-state index < -0.39 is 10.0 Å². The molecule has 2 aromatic heterocycles. The average molecular weight is 555 g/mol. The highest BCUT2D eigenvalue weighted by atomic mass is 32.2. The number of nitrogens with zero attached hydrogens (tertiary/aromatic N) is 4. The molecule has 1 fully saturated rings. The molecule has 1 aliphatic carbocycles. The van der Waals surface area contributed by atoms with Crippen molar-refractivity contribution in [2.24, 2.45) is 0 Å². The van der Waals surface area contributed by atoms with Crippen LogP contribution in [-0.2, 0) is 29.3 Å². The van der Waals surface area contributed by atoms with Crippen LogP contribution < -0.4 is 4.90 Å². The zero-order valence-electron chi connectivity index (χ0n) is 21.7. The van der Waals surface area contributed by atoms with Crippen LogP contribution >= 0.6 is 11.3 Å². The first kappa shape index (κ1) is 24.7. The number of sulfonamides is 1. The van der Waals surface area contributed by atoms with Crippen molar-refractivity contribution < 1.29 is 8.42 Å². The summed E-state index contributed by atoms with van der Waals surface area (Å²) in [4.78, 5) is 15.3. The Morgan fingerprint density at radius 3 is 2.36 bits per heavy atom. The molecule has 3 heterocycles. The lowest BCUT2D eigenvalue weighted by atomic mass is 9.97. The average Bonchev–Trinajstić information content (AvgIpc) is 3.35. The molecule has 6 nitrogen and oxygen atoms in total. The summed E-state index contributed by atoms with van der Waals surface area (Å²) < 4.78 is 28.8. The van der Waals surface area contributed by atoms with E-state index in [1.54, 1.807) is 16.4 Å². The Kier molecular flexibility index (Phi) is 6.34. The van der Waals surface area contributed by atoms with E-state index in [1.165, 1.54) is 34.2 Å². The fourth-order valence-corrected chi connectivity index (χ4v) is 8.62. The fraction of sp³-hybridized carbons (Fsp3) is 0.290. The molecule has 8 heteroatoms. The van der Waals surface area contributed by atoms with Crippen molar-refractivity contribution in [3.8, 4) is 0 Å². The van der Waals surface area contributed by atoms with Gasteiger partial charge in [-0.3, -0.25) is 0 Å². The highest BCUT2D eigenvalue weighted by Crippen LogP contribution is 2.40. The Morgan fingerprint density at radius 1 is 0.795 bits per heavy atom. The standard InChI is InChI=1S/C31H30N4O2S2/c36-39(37,25-15-14-23-10-4-5-11-24(23)21-25)35-18-16-34(17-19-35)30-29-26-12-6-7-13-27(26)38-31(29)33-28(32-30)20-22-8-2-1-3-9-22/h1-5,8-11,14-15,21H,6-7,12-13,16-20H2. The Labute approximate surface area is 233 Å². The molecule has 1 saturated heterocycles. The molecule has 0 bridgehead atoms. The molecule has 5 aromatic rings. The quantitative estimate of drug-likeness (QED) is 0.274. The number of hydrogen-bond acceptors (Lipinski definition) is 6. The Morgan fingerprint density at radius 2 is 1.54 bits per heavy atom. The Hall–Kier alpha value is -3.33. The predicted molar refractivity (Wildman–Crippen MR) is 158 cm³/mol. The van der Waals surface area contributed by atoms with E-state index in [1.807, 2.05) is 59.9 Å². The summed E-state index contributed by atoms with van der Waals surface area (Å²) in [6.45, 7) is 2.07. The van der Waals surface area contributed by atoms with Crippen molar-refractivity contribution in [2.75, 3.05) is 31.1 Å². The van der Waals surface area contributed by atoms with Gasteiger partial charge in [-0.25, -0.2) is 18.4 Å². The first-order valence-electron chi connectivity index (χ1n) is 13.7. The number of fused-ring (bicyclic) bond motifs is 4. The molecule has 2 aliphatic rings. The minimum absolute atomic E-state index is 0.358. The van der Waals surface area contributed by atoms with Crippen molar-refractivity contribution in [1.82, 2.24) is 14.3 Å². The highest BCUT2D eigenvalue weighted by molar-refractivity contribution is 7.89. The number of piperazine rings is 1. The van der Waals surface area contributed by atoms with Crippen molar-refractivity contribution in [1.29, 1.82) is 0 Å². The molecule has 0 amide bonds. The van der Waals surface area contributed by atoms with E-state index >= 15 is 0 Å². The normalized spacial score (nSPS) is 16.6. The smallest absolute Gasteiger partial charge is 0.243 e. The van der Waals surface area contributed by atoms with Crippen LogP contribution in [0.25, 0.3) is 21.0 Å². The Bertz CT molecular complexity index is 1780. The Balaban J connectivity index is 1.19. The SMILES string of the molecule is O=S(=O)(c1ccc2ccccc2c1)N1CCN(c2nc(Cc3ccccc3)nc3sc4c(c23)CCCC4)CC1. The monoisotopic (exact) mass is 554 g/mol. The second kappa shape index (κ2) is 10.0. The van der Waals surface area contributed by atoms with Gasteiger partial charge in [0.1, 0.15) is 16.5 Å². The fourth-order valence-electron chi connectivity index (χ4n) is 5.88. The molecule has 0 N–H and O–H groups in total. The third-order valence-electron chi connectivity index (χ3n) is 7.94. The highest BCUT2D eigenvalue weighted by Gasteiger charge is 2.31. The lowest BCUT2D eigenvalue weighted by Crippen LogP contribution is -2.49. The maximum atomic E-state index is 13.6. The van der Waals surface area contributed by atoms with Crippen LogP contribution in [0.4, 0.5) is 5.82 Å². The summed E-state index contributed by atoms with van der Waals surface area (Å²) >= 11 is 1.82. The van der Waals surface area contributed by atoms with Crippen molar-refractivity contribution in [3.63, 3.8) is 0 Å². The maximum Gasteiger partial charge on any atom is 0.243 e. The van der Waals surface area contributed by atoms with Gasteiger partial charge >= 0.3 is 0 Å². The van der Waals surface area contributed by atoms with Gasteiger partial charge in [0.15, 0.2) is 0 Å². The zero-order valence-corrected chi connectivity index (χ0v) is 23.3. The van der Waals surface area contributed by atoms with Crippen LogP contribution in [0.1, 0.15) is 34.7 Å². The van der Waals surface area contributed by atoms with E-state index in [4.69, 9.17) is 9.97 Å². The van der Waals surface area contributed by atoms with Gasteiger partial charge in [-0.05, 0) is 59.7 Å². The van der Waals surface area contributed by atoms with Gasteiger partial charge in [-0.2, -0.15) is 4.31 Å². The van der Waals surface area contributed by atoms with Gasteiger partial charge in [0.05, 0.1) is 10.3 Å². The maximum absolute atomic E-state index is 13.6. The third kappa shape index (κ3) is 4.60. The summed E-state index contributed by atoms with van der Waals surface area (Å²) in [5.74, 6) is 1.81. The second-order valence-electron chi connectivity index (χ2n) is 10.4. The molecular weight excluding hydrogens is 525 g/mol. The molecule has 0 radical (unpaired) electrons. The molecule has 3 aromatic carbocycles. The zero-order chi connectivity index (χ0) is 26.4. The molecule has 0 saturated carbocycles. The van der Waals surface area contributed by atoms with Gasteiger partial charge < -0.3 is 4.90 Å². The molecule has 0 atom stereocenters. The third-order valence-corrected chi connectivity index (χ3v) is 11.0. The second-order valence-corrected chi connectivity index (χ2v) is 13.4. The van der Waals surface area contributed by atoms with Crippen molar-refractivity contribution in [2.45, 2.75) is 37.0 Å². The van der Waals surface area contributed by atoms with Crippen LogP contribution in [0.5, 0.6) is 0 Å². The van der Waals surface area contributed by atoms with Crippen LogP contribution in [-0.4, -0.2) is 48.9 Å². The molecule has 0 unspecified atom stereocenters. The molecule has 1 aliphatic heterocycles. The number of benzene rings is 3. The first-order valence-corrected chi connectivity index (χ1v) is 15.9. The van der Waals surface area contributed by atoms with Gasteiger partial charge in [-0.1, -0.05) is 60.7 Å². The van der Waals surface area contributed by atoms with Crippen LogP contribution in [0, 0.1) is 0 Å². The molecule has 7 rings (SSSR count). The minimum Gasteiger partial charge on any atom is -0.353 e. The lowest BCUT2D eigenvalue weighted by Gasteiger charge is -2.35.